The second kappa shape index (κ2) is 5.12. The quantitative estimate of drug-likeness (QED) is 0.791. The maximum Gasteiger partial charge on any atom is 0.183 e. The molecule has 88 valence electrons. The molecule has 16 heavy (non-hydrogen) atoms. The third kappa shape index (κ3) is 2.25. The molecule has 3 nitrogen and oxygen atoms in total. The Kier molecular flexibility index (Phi) is 4.07. The Hall–Kier alpha value is -1.35. The van der Waals surface area contributed by atoms with E-state index in [2.05, 4.69) is 5.32 Å². The molecule has 1 unspecified atom stereocenters. The standard InChI is InChI=1S/C13H19NO2/c1-8-6-7-11(12(15)10(3)14-4)13(16-5)9(8)2/h6-7,10,14H,1-5H3. The zero-order chi connectivity index (χ0) is 12.3. The minimum atomic E-state index is -0.198. The van der Waals surface area contributed by atoms with Crippen molar-refractivity contribution in [1.29, 1.82) is 0 Å². The second-order valence-electron chi connectivity index (χ2n) is 3.96. The van der Waals surface area contributed by atoms with Gasteiger partial charge in [0.15, 0.2) is 5.78 Å². The predicted molar refractivity (Wildman–Crippen MR) is 65.3 cm³/mol. The minimum Gasteiger partial charge on any atom is -0.496 e. The average molecular weight is 221 g/mol. The van der Waals surface area contributed by atoms with Crippen LogP contribution in [0.25, 0.3) is 0 Å². The van der Waals surface area contributed by atoms with Crippen LogP contribution in [0.1, 0.15) is 28.4 Å². The largest absolute Gasteiger partial charge is 0.496 e. The van der Waals surface area contributed by atoms with Crippen molar-refractivity contribution in [1.82, 2.24) is 5.32 Å². The summed E-state index contributed by atoms with van der Waals surface area (Å²) in [6.45, 7) is 5.82. The van der Waals surface area contributed by atoms with Crippen molar-refractivity contribution in [2.24, 2.45) is 0 Å². The number of nitrogens with one attached hydrogen (secondary N) is 1. The van der Waals surface area contributed by atoms with Gasteiger partial charge in [0.05, 0.1) is 18.7 Å². The highest BCUT2D eigenvalue weighted by Crippen LogP contribution is 2.27. The first kappa shape index (κ1) is 12.7. The molecule has 0 bridgehead atoms. The van der Waals surface area contributed by atoms with Crippen LogP contribution in [-0.4, -0.2) is 26.0 Å². The summed E-state index contributed by atoms with van der Waals surface area (Å²) < 4.78 is 5.32. The lowest BCUT2D eigenvalue weighted by molar-refractivity contribution is 0.0952. The van der Waals surface area contributed by atoms with Gasteiger partial charge in [0.2, 0.25) is 0 Å². The average Bonchev–Trinajstić information content (AvgIpc) is 2.30. The highest BCUT2D eigenvalue weighted by atomic mass is 16.5. The van der Waals surface area contributed by atoms with E-state index in [1.54, 1.807) is 14.2 Å². The van der Waals surface area contributed by atoms with Gasteiger partial charge in [-0.3, -0.25) is 4.79 Å². The molecule has 0 radical (unpaired) electrons. The summed E-state index contributed by atoms with van der Waals surface area (Å²) in [6.07, 6.45) is 0. The molecule has 0 heterocycles. The van der Waals surface area contributed by atoms with Crippen LogP contribution in [0.4, 0.5) is 0 Å². The van der Waals surface area contributed by atoms with Crippen LogP contribution in [0.2, 0.25) is 0 Å². The fraction of sp³-hybridized carbons (Fsp3) is 0.462. The number of benzene rings is 1. The summed E-state index contributed by atoms with van der Waals surface area (Å²) in [6, 6.07) is 3.58. The van der Waals surface area contributed by atoms with Crippen molar-refractivity contribution in [3.8, 4) is 5.75 Å². The Bertz CT molecular complexity index is 399. The van der Waals surface area contributed by atoms with Crippen LogP contribution in [0.5, 0.6) is 5.75 Å². The fourth-order valence-corrected chi connectivity index (χ4v) is 1.61. The highest BCUT2D eigenvalue weighted by Gasteiger charge is 2.19. The van der Waals surface area contributed by atoms with Crippen LogP contribution in [-0.2, 0) is 0 Å². The normalized spacial score (nSPS) is 12.3. The monoisotopic (exact) mass is 221 g/mol. The zero-order valence-corrected chi connectivity index (χ0v) is 10.5. The van der Waals surface area contributed by atoms with Gasteiger partial charge in [-0.2, -0.15) is 0 Å². The Morgan fingerprint density at radius 1 is 1.38 bits per heavy atom. The molecule has 1 aromatic carbocycles. The van der Waals surface area contributed by atoms with Crippen molar-refractivity contribution < 1.29 is 9.53 Å². The van der Waals surface area contributed by atoms with Gasteiger partial charge in [0.1, 0.15) is 5.75 Å². The summed E-state index contributed by atoms with van der Waals surface area (Å²) in [5.41, 5.74) is 2.80. The van der Waals surface area contributed by atoms with Gasteiger partial charge in [-0.1, -0.05) is 6.07 Å². The molecular formula is C13H19NO2. The molecule has 0 saturated carbocycles. The van der Waals surface area contributed by atoms with Crippen molar-refractivity contribution in [2.75, 3.05) is 14.2 Å². The molecular weight excluding hydrogens is 202 g/mol. The van der Waals surface area contributed by atoms with Crippen LogP contribution < -0.4 is 10.1 Å². The maximum absolute atomic E-state index is 12.1. The summed E-state index contributed by atoms with van der Waals surface area (Å²) in [5, 5.41) is 2.94. The number of ether oxygens (including phenoxy) is 1. The van der Waals surface area contributed by atoms with E-state index in [4.69, 9.17) is 4.74 Å². The first-order valence-electron chi connectivity index (χ1n) is 5.38. The summed E-state index contributed by atoms with van der Waals surface area (Å²) in [4.78, 5) is 12.1. The number of ketones is 1. The van der Waals surface area contributed by atoms with Gasteiger partial charge < -0.3 is 10.1 Å². The van der Waals surface area contributed by atoms with Gasteiger partial charge in [0.25, 0.3) is 0 Å². The van der Waals surface area contributed by atoms with Crippen molar-refractivity contribution in [2.45, 2.75) is 26.8 Å². The number of methoxy groups -OCH3 is 1. The third-order valence-electron chi connectivity index (χ3n) is 2.97. The Balaban J connectivity index is 3.24. The molecule has 0 aromatic heterocycles. The van der Waals surface area contributed by atoms with E-state index < -0.39 is 0 Å². The smallest absolute Gasteiger partial charge is 0.183 e. The number of rotatable bonds is 4. The Labute approximate surface area is 96.8 Å². The van der Waals surface area contributed by atoms with Gasteiger partial charge >= 0.3 is 0 Å². The Morgan fingerprint density at radius 3 is 2.50 bits per heavy atom. The minimum absolute atomic E-state index is 0.0578. The second-order valence-corrected chi connectivity index (χ2v) is 3.96. The van der Waals surface area contributed by atoms with Crippen LogP contribution in [0.3, 0.4) is 0 Å². The number of likely N-dealkylation sites (N-methyl/N-ethyl adjacent to an activating group) is 1. The van der Waals surface area contributed by atoms with E-state index in [1.807, 2.05) is 32.9 Å². The van der Waals surface area contributed by atoms with E-state index in [-0.39, 0.29) is 11.8 Å². The first-order valence-corrected chi connectivity index (χ1v) is 5.38. The predicted octanol–water partition coefficient (Wildman–Crippen LogP) is 2.10. The van der Waals surface area contributed by atoms with Crippen LogP contribution in [0, 0.1) is 13.8 Å². The summed E-state index contributed by atoms with van der Waals surface area (Å²) in [7, 11) is 3.37. The van der Waals surface area contributed by atoms with E-state index in [0.717, 1.165) is 11.1 Å². The number of hydrogen-bond donors (Lipinski definition) is 1. The van der Waals surface area contributed by atoms with E-state index >= 15 is 0 Å². The summed E-state index contributed by atoms with van der Waals surface area (Å²) in [5.74, 6) is 0.745. The first-order chi connectivity index (χ1) is 7.52. The molecule has 0 spiro atoms. The molecule has 1 rings (SSSR count). The lowest BCUT2D eigenvalue weighted by Crippen LogP contribution is -2.31. The van der Waals surface area contributed by atoms with Gasteiger partial charge in [0, 0.05) is 0 Å². The van der Waals surface area contributed by atoms with Gasteiger partial charge in [-0.25, -0.2) is 0 Å². The van der Waals surface area contributed by atoms with Crippen molar-refractivity contribution in [3.05, 3.63) is 28.8 Å². The third-order valence-corrected chi connectivity index (χ3v) is 2.97. The molecule has 0 aliphatic rings. The van der Waals surface area contributed by atoms with Crippen molar-refractivity contribution in [3.63, 3.8) is 0 Å². The fourth-order valence-electron chi connectivity index (χ4n) is 1.61. The van der Waals surface area contributed by atoms with Gasteiger partial charge in [-0.15, -0.1) is 0 Å². The zero-order valence-electron chi connectivity index (χ0n) is 10.5. The van der Waals surface area contributed by atoms with Crippen molar-refractivity contribution >= 4 is 5.78 Å². The Morgan fingerprint density at radius 2 is 2.00 bits per heavy atom. The number of carbonyl (C=O) groups excluding carboxylic acids is 1. The molecule has 1 aromatic rings. The number of Topliss-reactive ketones (excluding diaryl/α,β-unsaturated/α-hetero) is 1. The van der Waals surface area contributed by atoms with E-state index in [9.17, 15) is 4.79 Å². The molecule has 0 fully saturated rings. The topological polar surface area (TPSA) is 38.3 Å². The summed E-state index contributed by atoms with van der Waals surface area (Å²) >= 11 is 0. The number of aryl methyl sites for hydroxylation is 1. The van der Waals surface area contributed by atoms with Gasteiger partial charge in [-0.05, 0) is 45.0 Å². The molecule has 0 aliphatic heterocycles. The lowest BCUT2D eigenvalue weighted by atomic mass is 9.98. The van der Waals surface area contributed by atoms with Crippen LogP contribution in [0.15, 0.2) is 12.1 Å². The number of hydrogen-bond acceptors (Lipinski definition) is 3. The molecule has 1 atom stereocenters. The van der Waals surface area contributed by atoms with E-state index in [0.29, 0.717) is 11.3 Å². The van der Waals surface area contributed by atoms with E-state index in [1.165, 1.54) is 0 Å². The molecule has 0 amide bonds. The lowest BCUT2D eigenvalue weighted by Gasteiger charge is -2.15. The molecule has 0 saturated heterocycles. The molecule has 1 N–H and O–H groups in total. The maximum atomic E-state index is 12.1. The van der Waals surface area contributed by atoms with Crippen LogP contribution >= 0.6 is 0 Å². The number of carbonyl (C=O) groups is 1. The SMILES string of the molecule is CNC(C)C(=O)c1ccc(C)c(C)c1OC. The highest BCUT2D eigenvalue weighted by molar-refractivity contribution is 6.02. The molecule has 3 heteroatoms. The molecule has 0 aliphatic carbocycles.